The molecule has 5 heteroatoms. The van der Waals surface area contributed by atoms with Gasteiger partial charge in [0.05, 0.1) is 5.69 Å². The van der Waals surface area contributed by atoms with Crippen molar-refractivity contribution in [3.63, 3.8) is 0 Å². The van der Waals surface area contributed by atoms with Gasteiger partial charge in [0, 0.05) is 24.4 Å². The Bertz CT molecular complexity index is 587. The summed E-state index contributed by atoms with van der Waals surface area (Å²) in [4.78, 5) is 0. The smallest absolute Gasteiger partial charge is 0.0631 e. The van der Waals surface area contributed by atoms with Gasteiger partial charge in [-0.3, -0.25) is 0 Å². The second kappa shape index (κ2) is 6.74. The molecule has 0 aliphatic rings. The van der Waals surface area contributed by atoms with Crippen molar-refractivity contribution >= 4 is 69.4 Å². The number of anilines is 1. The van der Waals surface area contributed by atoms with Crippen LogP contribution in [0, 0.1) is 6.92 Å². The Labute approximate surface area is 146 Å². The van der Waals surface area contributed by atoms with E-state index in [9.17, 15) is 0 Å². The van der Waals surface area contributed by atoms with Crippen molar-refractivity contribution in [3.8, 4) is 0 Å². The van der Waals surface area contributed by atoms with Gasteiger partial charge in [0.2, 0.25) is 0 Å². The van der Waals surface area contributed by atoms with E-state index in [1.165, 1.54) is 11.1 Å². The number of rotatable bonds is 3. The average Bonchev–Trinajstić information content (AvgIpc) is 2.32. The van der Waals surface area contributed by atoms with Crippen molar-refractivity contribution in [2.75, 3.05) is 5.32 Å². The van der Waals surface area contributed by atoms with Crippen LogP contribution in [0.5, 0.6) is 0 Å². The molecule has 0 radical (unpaired) electrons. The second-order valence-corrected chi connectivity index (χ2v) is 7.62. The lowest BCUT2D eigenvalue weighted by Crippen LogP contribution is -2.01. The van der Waals surface area contributed by atoms with Crippen LogP contribution in [-0.2, 0) is 6.54 Å². The molecule has 0 spiro atoms. The molecular weight excluding hydrogens is 502 g/mol. The van der Waals surface area contributed by atoms with Gasteiger partial charge in [-0.2, -0.15) is 0 Å². The highest BCUT2D eigenvalue weighted by Gasteiger charge is 2.06. The second-order valence-electron chi connectivity index (χ2n) is 4.21. The quantitative estimate of drug-likeness (QED) is 0.485. The van der Waals surface area contributed by atoms with Crippen molar-refractivity contribution < 1.29 is 0 Å². The van der Waals surface area contributed by atoms with Crippen molar-refractivity contribution in [2.45, 2.75) is 13.5 Å². The lowest BCUT2D eigenvalue weighted by molar-refractivity contribution is 1.13. The van der Waals surface area contributed by atoms with Gasteiger partial charge in [-0.05, 0) is 106 Å². The third-order valence-electron chi connectivity index (χ3n) is 2.64. The van der Waals surface area contributed by atoms with E-state index in [2.05, 4.69) is 100 Å². The summed E-state index contributed by atoms with van der Waals surface area (Å²) in [7, 11) is 0. The molecule has 0 aliphatic heterocycles. The van der Waals surface area contributed by atoms with E-state index >= 15 is 0 Å². The molecule has 0 aliphatic carbocycles. The van der Waals surface area contributed by atoms with E-state index in [0.717, 1.165) is 30.1 Å². The molecule has 1 N–H and O–H groups in total. The number of hydrogen-bond donors (Lipinski definition) is 1. The molecule has 0 bridgehead atoms. The first-order valence-corrected chi connectivity index (χ1v) is 8.78. The SMILES string of the molecule is Cc1cc(Br)c(NCc2ccc(Br)c(Br)c2)c(Br)c1. The molecular formula is C14H11Br4N. The van der Waals surface area contributed by atoms with Crippen LogP contribution >= 0.6 is 63.7 Å². The highest BCUT2D eigenvalue weighted by molar-refractivity contribution is 9.13. The Morgan fingerprint density at radius 1 is 0.842 bits per heavy atom. The van der Waals surface area contributed by atoms with E-state index in [0.29, 0.717) is 0 Å². The van der Waals surface area contributed by atoms with E-state index in [1.54, 1.807) is 0 Å². The minimum atomic E-state index is 0.770. The van der Waals surface area contributed by atoms with Crippen LogP contribution in [0.15, 0.2) is 48.2 Å². The fraction of sp³-hybridized carbons (Fsp3) is 0.143. The third kappa shape index (κ3) is 4.06. The minimum absolute atomic E-state index is 0.770. The van der Waals surface area contributed by atoms with Gasteiger partial charge < -0.3 is 5.32 Å². The fourth-order valence-electron chi connectivity index (χ4n) is 1.71. The Morgan fingerprint density at radius 3 is 2.05 bits per heavy atom. The fourth-order valence-corrected chi connectivity index (χ4v) is 4.08. The zero-order valence-electron chi connectivity index (χ0n) is 10.1. The first kappa shape index (κ1) is 15.5. The first-order valence-electron chi connectivity index (χ1n) is 5.61. The van der Waals surface area contributed by atoms with Gasteiger partial charge in [-0.15, -0.1) is 0 Å². The average molecular weight is 513 g/mol. The number of benzene rings is 2. The van der Waals surface area contributed by atoms with Crippen LogP contribution < -0.4 is 5.32 Å². The van der Waals surface area contributed by atoms with E-state index in [-0.39, 0.29) is 0 Å². The third-order valence-corrected chi connectivity index (χ3v) is 5.77. The summed E-state index contributed by atoms with van der Waals surface area (Å²) in [5.74, 6) is 0. The maximum Gasteiger partial charge on any atom is 0.0631 e. The molecule has 1 nitrogen and oxygen atoms in total. The lowest BCUT2D eigenvalue weighted by atomic mass is 10.2. The van der Waals surface area contributed by atoms with Crippen LogP contribution in [0.2, 0.25) is 0 Å². The number of hydrogen-bond acceptors (Lipinski definition) is 1. The highest BCUT2D eigenvalue weighted by Crippen LogP contribution is 2.33. The molecule has 2 aromatic rings. The molecule has 2 aromatic carbocycles. The van der Waals surface area contributed by atoms with Crippen molar-refractivity contribution in [1.82, 2.24) is 0 Å². The molecule has 0 heterocycles. The Balaban J connectivity index is 2.16. The van der Waals surface area contributed by atoms with Gasteiger partial charge in [-0.1, -0.05) is 6.07 Å². The van der Waals surface area contributed by atoms with Crippen LogP contribution in [0.3, 0.4) is 0 Å². The molecule has 0 unspecified atom stereocenters. The predicted octanol–water partition coefficient (Wildman–Crippen LogP) is 6.66. The monoisotopic (exact) mass is 509 g/mol. The molecule has 0 atom stereocenters. The zero-order valence-corrected chi connectivity index (χ0v) is 16.4. The van der Waals surface area contributed by atoms with E-state index in [4.69, 9.17) is 0 Å². The van der Waals surface area contributed by atoms with Gasteiger partial charge in [0.1, 0.15) is 0 Å². The molecule has 0 amide bonds. The summed E-state index contributed by atoms with van der Waals surface area (Å²) in [5.41, 5.74) is 3.51. The van der Waals surface area contributed by atoms with E-state index in [1.807, 2.05) is 6.07 Å². The molecule has 19 heavy (non-hydrogen) atoms. The zero-order chi connectivity index (χ0) is 14.0. The van der Waals surface area contributed by atoms with Crippen molar-refractivity contribution in [2.24, 2.45) is 0 Å². The summed E-state index contributed by atoms with van der Waals surface area (Å²) in [5, 5.41) is 3.44. The van der Waals surface area contributed by atoms with E-state index < -0.39 is 0 Å². The van der Waals surface area contributed by atoms with Gasteiger partial charge >= 0.3 is 0 Å². The lowest BCUT2D eigenvalue weighted by Gasteiger charge is -2.12. The van der Waals surface area contributed by atoms with Crippen LogP contribution in [0.4, 0.5) is 5.69 Å². The van der Waals surface area contributed by atoms with Gasteiger partial charge in [-0.25, -0.2) is 0 Å². The number of aryl methyl sites for hydroxylation is 1. The Morgan fingerprint density at radius 2 is 1.47 bits per heavy atom. The Kier molecular flexibility index (Phi) is 5.52. The summed E-state index contributed by atoms with van der Waals surface area (Å²) in [6.07, 6.45) is 0. The molecule has 2 rings (SSSR count). The van der Waals surface area contributed by atoms with Crippen molar-refractivity contribution in [1.29, 1.82) is 0 Å². The number of nitrogens with one attached hydrogen (secondary N) is 1. The maximum atomic E-state index is 3.59. The molecule has 0 aromatic heterocycles. The van der Waals surface area contributed by atoms with Crippen LogP contribution in [0.1, 0.15) is 11.1 Å². The predicted molar refractivity (Wildman–Crippen MR) is 95.7 cm³/mol. The first-order chi connectivity index (χ1) is 8.97. The van der Waals surface area contributed by atoms with Crippen LogP contribution in [-0.4, -0.2) is 0 Å². The summed E-state index contributed by atoms with van der Waals surface area (Å²) in [6, 6.07) is 10.4. The molecule has 0 fully saturated rings. The number of halogens is 4. The Hall–Kier alpha value is 0.160. The summed E-state index contributed by atoms with van der Waals surface area (Å²) >= 11 is 14.2. The van der Waals surface area contributed by atoms with Crippen molar-refractivity contribution in [3.05, 3.63) is 59.3 Å². The van der Waals surface area contributed by atoms with Gasteiger partial charge in [0.25, 0.3) is 0 Å². The minimum Gasteiger partial charge on any atom is -0.379 e. The maximum absolute atomic E-state index is 3.59. The topological polar surface area (TPSA) is 12.0 Å². The molecule has 0 saturated heterocycles. The standard InChI is InChI=1S/C14H11Br4N/c1-8-4-12(17)14(13(18)5-8)19-7-9-2-3-10(15)11(16)6-9/h2-6,19H,7H2,1H3. The van der Waals surface area contributed by atoms with Crippen LogP contribution in [0.25, 0.3) is 0 Å². The van der Waals surface area contributed by atoms with Gasteiger partial charge in [0.15, 0.2) is 0 Å². The summed E-state index contributed by atoms with van der Waals surface area (Å²) in [6.45, 7) is 2.84. The molecule has 100 valence electrons. The molecule has 0 saturated carbocycles. The highest BCUT2D eigenvalue weighted by atomic mass is 79.9. The summed E-state index contributed by atoms with van der Waals surface area (Å²) < 4.78 is 4.26. The largest absolute Gasteiger partial charge is 0.379 e. The normalized spacial score (nSPS) is 10.6.